The predicted molar refractivity (Wildman–Crippen MR) is 91.6 cm³/mol. The maximum atomic E-state index is 12.0. The molecule has 6 heteroatoms. The Kier molecular flexibility index (Phi) is 5.09. The van der Waals surface area contributed by atoms with Crippen LogP contribution in [0, 0.1) is 9.49 Å². The molecule has 0 amide bonds. The van der Waals surface area contributed by atoms with E-state index in [0.717, 1.165) is 12.1 Å². The van der Waals surface area contributed by atoms with Gasteiger partial charge < -0.3 is 4.98 Å². The van der Waals surface area contributed by atoms with Crippen molar-refractivity contribution in [1.29, 1.82) is 0 Å². The number of aromatic amines is 1. The molecule has 0 saturated carbocycles. The third-order valence-corrected chi connectivity index (χ3v) is 4.39. The van der Waals surface area contributed by atoms with Gasteiger partial charge in [-0.05, 0) is 53.1 Å². The number of aromatic nitrogens is 2. The largest absolute Gasteiger partial charge is 0.306 e. The quantitative estimate of drug-likeness (QED) is 0.737. The lowest BCUT2D eigenvalue weighted by Crippen LogP contribution is -2.17. The molecule has 106 valence electrons. The molecule has 0 atom stereocenters. The lowest BCUT2D eigenvalue weighted by Gasteiger charge is -2.10. The Morgan fingerprint density at radius 3 is 2.70 bits per heavy atom. The van der Waals surface area contributed by atoms with Crippen molar-refractivity contribution < 1.29 is 0 Å². The fraction of sp³-hybridized carbons (Fsp3) is 0.286. The molecule has 0 aliphatic carbocycles. The van der Waals surface area contributed by atoms with Gasteiger partial charge in [0, 0.05) is 10.6 Å². The second-order valence-electron chi connectivity index (χ2n) is 4.90. The molecule has 0 spiro atoms. The molecule has 3 nitrogen and oxygen atoms in total. The lowest BCUT2D eigenvalue weighted by molar-refractivity contribution is 0.631. The number of rotatable bonds is 3. The average molecular weight is 423 g/mol. The Balaban J connectivity index is 2.60. The van der Waals surface area contributed by atoms with Gasteiger partial charge in [0.1, 0.15) is 5.82 Å². The highest BCUT2D eigenvalue weighted by atomic mass is 127. The molecule has 0 aliphatic heterocycles. The van der Waals surface area contributed by atoms with E-state index in [1.807, 2.05) is 22.6 Å². The Morgan fingerprint density at radius 2 is 2.05 bits per heavy atom. The number of benzene rings is 1. The van der Waals surface area contributed by atoms with E-state index < -0.39 is 0 Å². The average Bonchev–Trinajstić information content (AvgIpc) is 2.37. The van der Waals surface area contributed by atoms with Crippen molar-refractivity contribution in [2.45, 2.75) is 20.3 Å². The van der Waals surface area contributed by atoms with Crippen molar-refractivity contribution in [3.05, 3.63) is 47.9 Å². The third-order valence-electron chi connectivity index (χ3n) is 2.72. The molecule has 1 heterocycles. The number of nitrogens with zero attached hydrogens (tertiary/aromatic N) is 1. The van der Waals surface area contributed by atoms with E-state index in [2.05, 4.69) is 23.8 Å². The monoisotopic (exact) mass is 422 g/mol. The molecule has 2 aromatic rings. The van der Waals surface area contributed by atoms with Gasteiger partial charge in [0.25, 0.3) is 5.56 Å². The van der Waals surface area contributed by atoms with Crippen LogP contribution in [-0.2, 0) is 6.42 Å². The summed E-state index contributed by atoms with van der Waals surface area (Å²) in [6, 6.07) is 5.10. The summed E-state index contributed by atoms with van der Waals surface area (Å²) < 4.78 is 0.623. The van der Waals surface area contributed by atoms with E-state index >= 15 is 0 Å². The SMILES string of the molecule is CC(C)Cc1nc(-c2cc(Cl)ccc2Cl)[nH]c(=O)c1I. The molecule has 2 rings (SSSR count). The number of nitrogens with one attached hydrogen (secondary N) is 1. The second kappa shape index (κ2) is 6.45. The van der Waals surface area contributed by atoms with Crippen LogP contribution in [0.25, 0.3) is 11.4 Å². The first-order valence-corrected chi connectivity index (χ1v) is 7.96. The molecule has 0 fully saturated rings. The summed E-state index contributed by atoms with van der Waals surface area (Å²) in [5.41, 5.74) is 1.27. The highest BCUT2D eigenvalue weighted by Crippen LogP contribution is 2.28. The van der Waals surface area contributed by atoms with Crippen LogP contribution in [0.3, 0.4) is 0 Å². The van der Waals surface area contributed by atoms with Gasteiger partial charge in [0.2, 0.25) is 0 Å². The fourth-order valence-corrected chi connectivity index (χ4v) is 2.69. The number of hydrogen-bond acceptors (Lipinski definition) is 2. The van der Waals surface area contributed by atoms with Crippen molar-refractivity contribution in [3.63, 3.8) is 0 Å². The Hall–Kier alpha value is -0.590. The summed E-state index contributed by atoms with van der Waals surface area (Å²) in [4.78, 5) is 19.3. The van der Waals surface area contributed by atoms with E-state index in [4.69, 9.17) is 23.2 Å². The number of H-pyrrole nitrogens is 1. The maximum Gasteiger partial charge on any atom is 0.264 e. The van der Waals surface area contributed by atoms with Gasteiger partial charge in [0.05, 0.1) is 14.3 Å². The van der Waals surface area contributed by atoms with Crippen LogP contribution >= 0.6 is 45.8 Å². The standard InChI is InChI=1S/C14H13Cl2IN2O/c1-7(2)5-11-12(17)14(20)19-13(18-11)9-6-8(15)3-4-10(9)16/h3-4,6-7H,5H2,1-2H3,(H,18,19,20). The molecule has 1 N–H and O–H groups in total. The van der Waals surface area contributed by atoms with Crippen molar-refractivity contribution in [3.8, 4) is 11.4 Å². The molecule has 0 radical (unpaired) electrons. The van der Waals surface area contributed by atoms with Crippen LogP contribution in [0.4, 0.5) is 0 Å². The van der Waals surface area contributed by atoms with E-state index in [0.29, 0.717) is 30.9 Å². The lowest BCUT2D eigenvalue weighted by atomic mass is 10.1. The summed E-state index contributed by atoms with van der Waals surface area (Å²) in [7, 11) is 0. The van der Waals surface area contributed by atoms with Gasteiger partial charge in [0.15, 0.2) is 0 Å². The molecule has 1 aromatic heterocycles. The minimum atomic E-state index is -0.151. The first-order valence-electron chi connectivity index (χ1n) is 6.12. The molecule has 1 aromatic carbocycles. The van der Waals surface area contributed by atoms with Gasteiger partial charge in [-0.2, -0.15) is 0 Å². The van der Waals surface area contributed by atoms with E-state index in [1.165, 1.54) is 0 Å². The number of halogens is 3. The molecule has 0 saturated heterocycles. The molecule has 0 bridgehead atoms. The van der Waals surface area contributed by atoms with Crippen molar-refractivity contribution in [2.24, 2.45) is 5.92 Å². The van der Waals surface area contributed by atoms with E-state index in [-0.39, 0.29) is 5.56 Å². The summed E-state index contributed by atoms with van der Waals surface area (Å²) in [5.74, 6) is 0.874. The van der Waals surface area contributed by atoms with Crippen molar-refractivity contribution in [1.82, 2.24) is 9.97 Å². The highest BCUT2D eigenvalue weighted by molar-refractivity contribution is 14.1. The summed E-state index contributed by atoms with van der Waals surface area (Å²) >= 11 is 14.2. The van der Waals surface area contributed by atoms with Crippen LogP contribution in [0.2, 0.25) is 10.0 Å². The fourth-order valence-electron chi connectivity index (χ4n) is 1.83. The predicted octanol–water partition coefficient (Wildman–Crippen LogP) is 4.55. The molecule has 0 unspecified atom stereocenters. The zero-order chi connectivity index (χ0) is 14.9. The Morgan fingerprint density at radius 1 is 1.35 bits per heavy atom. The zero-order valence-corrected chi connectivity index (χ0v) is 14.7. The first-order chi connectivity index (χ1) is 9.38. The first kappa shape index (κ1) is 15.8. The van der Waals surface area contributed by atoms with Gasteiger partial charge in [-0.15, -0.1) is 0 Å². The second-order valence-corrected chi connectivity index (χ2v) is 6.82. The zero-order valence-electron chi connectivity index (χ0n) is 11.0. The minimum absolute atomic E-state index is 0.151. The topological polar surface area (TPSA) is 45.8 Å². The van der Waals surface area contributed by atoms with Crippen molar-refractivity contribution in [2.75, 3.05) is 0 Å². The minimum Gasteiger partial charge on any atom is -0.306 e. The molecule has 20 heavy (non-hydrogen) atoms. The summed E-state index contributed by atoms with van der Waals surface area (Å²) in [5, 5.41) is 1.06. The van der Waals surface area contributed by atoms with Crippen LogP contribution in [-0.4, -0.2) is 9.97 Å². The van der Waals surface area contributed by atoms with Gasteiger partial charge >= 0.3 is 0 Å². The smallest absolute Gasteiger partial charge is 0.264 e. The number of hydrogen-bond donors (Lipinski definition) is 1. The highest BCUT2D eigenvalue weighted by Gasteiger charge is 2.13. The van der Waals surface area contributed by atoms with Crippen LogP contribution < -0.4 is 5.56 Å². The van der Waals surface area contributed by atoms with Gasteiger partial charge in [-0.25, -0.2) is 4.98 Å². The maximum absolute atomic E-state index is 12.0. The molecular weight excluding hydrogens is 410 g/mol. The third kappa shape index (κ3) is 3.54. The molecular formula is C14H13Cl2IN2O. The van der Waals surface area contributed by atoms with Crippen LogP contribution in [0.15, 0.2) is 23.0 Å². The summed E-state index contributed by atoms with van der Waals surface area (Å²) in [6.07, 6.45) is 0.743. The van der Waals surface area contributed by atoms with Gasteiger partial charge in [-0.1, -0.05) is 37.0 Å². The normalized spacial score (nSPS) is 11.1. The Bertz CT molecular complexity index is 698. The van der Waals surface area contributed by atoms with Crippen LogP contribution in [0.1, 0.15) is 19.5 Å². The van der Waals surface area contributed by atoms with E-state index in [1.54, 1.807) is 18.2 Å². The Labute approximate surface area is 140 Å². The molecule has 0 aliphatic rings. The van der Waals surface area contributed by atoms with Crippen LogP contribution in [0.5, 0.6) is 0 Å². The van der Waals surface area contributed by atoms with Crippen molar-refractivity contribution >= 4 is 45.8 Å². The summed E-state index contributed by atoms with van der Waals surface area (Å²) in [6.45, 7) is 4.18. The van der Waals surface area contributed by atoms with Gasteiger partial charge in [-0.3, -0.25) is 4.79 Å². The van der Waals surface area contributed by atoms with E-state index in [9.17, 15) is 4.79 Å².